The topological polar surface area (TPSA) is 29.9 Å². The summed E-state index contributed by atoms with van der Waals surface area (Å²) in [6, 6.07) is 8.57. The van der Waals surface area contributed by atoms with E-state index in [1.54, 1.807) is 0 Å². The first kappa shape index (κ1) is 14.6. The molecule has 0 bridgehead atoms. The van der Waals surface area contributed by atoms with Crippen molar-refractivity contribution in [3.05, 3.63) is 30.0 Å². The minimum Gasteiger partial charge on any atom is -0.312 e. The fraction of sp³-hybridized carbons (Fsp3) is 0.611. The fourth-order valence-corrected chi connectivity index (χ4v) is 3.30. The Labute approximate surface area is 127 Å². The molecule has 2 unspecified atom stereocenters. The number of hydrogen-bond donors (Lipinski definition) is 1. The third kappa shape index (κ3) is 3.13. The zero-order valence-electron chi connectivity index (χ0n) is 13.7. The second-order valence-electron chi connectivity index (χ2n) is 7.52. The predicted molar refractivity (Wildman–Crippen MR) is 88.4 cm³/mol. The van der Waals surface area contributed by atoms with Gasteiger partial charge in [0.1, 0.15) is 0 Å². The first-order chi connectivity index (χ1) is 9.94. The lowest BCUT2D eigenvalue weighted by Gasteiger charge is -2.38. The molecule has 3 heteroatoms. The lowest BCUT2D eigenvalue weighted by molar-refractivity contribution is 0.158. The molecular weight excluding hydrogens is 258 g/mol. The Morgan fingerprint density at radius 2 is 1.90 bits per heavy atom. The van der Waals surface area contributed by atoms with Gasteiger partial charge in [-0.05, 0) is 64.5 Å². The number of para-hydroxylation sites is 1. The van der Waals surface area contributed by atoms with Crippen LogP contribution in [-0.2, 0) is 13.5 Å². The summed E-state index contributed by atoms with van der Waals surface area (Å²) in [7, 11) is 2.05. The summed E-state index contributed by atoms with van der Waals surface area (Å²) in [6.45, 7) is 7.87. The molecule has 2 atom stereocenters. The van der Waals surface area contributed by atoms with Gasteiger partial charge in [0, 0.05) is 18.0 Å². The third-order valence-electron chi connectivity index (χ3n) is 4.76. The zero-order valence-corrected chi connectivity index (χ0v) is 13.7. The van der Waals surface area contributed by atoms with E-state index in [9.17, 15) is 0 Å². The van der Waals surface area contributed by atoms with Crippen LogP contribution in [0.5, 0.6) is 0 Å². The molecule has 2 aromatic rings. The summed E-state index contributed by atoms with van der Waals surface area (Å²) < 4.78 is 2.02. The van der Waals surface area contributed by atoms with Crippen molar-refractivity contribution in [1.29, 1.82) is 0 Å². The van der Waals surface area contributed by atoms with Crippen LogP contribution in [0.25, 0.3) is 10.9 Å². The molecule has 3 rings (SSSR count). The van der Waals surface area contributed by atoms with Crippen LogP contribution in [0.15, 0.2) is 24.3 Å². The van der Waals surface area contributed by atoms with Gasteiger partial charge >= 0.3 is 0 Å². The van der Waals surface area contributed by atoms with Crippen LogP contribution in [-0.4, -0.2) is 21.9 Å². The highest BCUT2D eigenvalue weighted by Gasteiger charge is 2.32. The van der Waals surface area contributed by atoms with Crippen LogP contribution < -0.4 is 5.32 Å². The molecule has 1 saturated carbocycles. The van der Waals surface area contributed by atoms with Crippen molar-refractivity contribution >= 4 is 10.9 Å². The van der Waals surface area contributed by atoms with E-state index < -0.39 is 0 Å². The number of nitrogens with one attached hydrogen (secondary N) is 1. The molecule has 0 spiro atoms. The summed E-state index contributed by atoms with van der Waals surface area (Å²) in [4.78, 5) is 0. The first-order valence-corrected chi connectivity index (χ1v) is 8.10. The van der Waals surface area contributed by atoms with Gasteiger partial charge in [0.25, 0.3) is 0 Å². The molecule has 0 saturated heterocycles. The van der Waals surface area contributed by atoms with Crippen LogP contribution >= 0.6 is 0 Å². The largest absolute Gasteiger partial charge is 0.312 e. The van der Waals surface area contributed by atoms with E-state index in [0.29, 0.717) is 0 Å². The second-order valence-corrected chi connectivity index (χ2v) is 7.52. The van der Waals surface area contributed by atoms with E-state index in [1.807, 2.05) is 11.7 Å². The highest BCUT2D eigenvalue weighted by Crippen LogP contribution is 2.37. The lowest BCUT2D eigenvalue weighted by atomic mass is 9.71. The van der Waals surface area contributed by atoms with Crippen molar-refractivity contribution < 1.29 is 0 Å². The Kier molecular flexibility index (Phi) is 3.78. The zero-order chi connectivity index (χ0) is 15.0. The summed E-state index contributed by atoms with van der Waals surface area (Å²) in [6.07, 6.45) is 3.83. The minimum atomic E-state index is 0.220. The van der Waals surface area contributed by atoms with Crippen LogP contribution in [0.3, 0.4) is 0 Å². The molecule has 1 aromatic heterocycles. The number of nitrogens with zero attached hydrogens (tertiary/aromatic N) is 2. The van der Waals surface area contributed by atoms with Crippen molar-refractivity contribution in [1.82, 2.24) is 15.1 Å². The molecule has 1 aliphatic rings. The maximum Gasteiger partial charge on any atom is 0.0706 e. The van der Waals surface area contributed by atoms with Crippen LogP contribution in [0.4, 0.5) is 0 Å². The number of rotatable bonds is 4. The van der Waals surface area contributed by atoms with Crippen molar-refractivity contribution in [3.8, 4) is 0 Å². The molecule has 0 radical (unpaired) electrons. The van der Waals surface area contributed by atoms with E-state index in [4.69, 9.17) is 5.10 Å². The normalized spacial score (nSPS) is 22.5. The molecule has 1 fully saturated rings. The number of hydrogen-bond acceptors (Lipinski definition) is 2. The van der Waals surface area contributed by atoms with Crippen molar-refractivity contribution in [2.24, 2.45) is 18.9 Å². The summed E-state index contributed by atoms with van der Waals surface area (Å²) in [5.74, 6) is 1.60. The van der Waals surface area contributed by atoms with Gasteiger partial charge in [0.15, 0.2) is 0 Å². The van der Waals surface area contributed by atoms with E-state index in [-0.39, 0.29) is 5.54 Å². The quantitative estimate of drug-likeness (QED) is 0.931. The van der Waals surface area contributed by atoms with Gasteiger partial charge in [-0.2, -0.15) is 5.10 Å². The minimum absolute atomic E-state index is 0.220. The number of aryl methyl sites for hydroxylation is 1. The molecule has 114 valence electrons. The van der Waals surface area contributed by atoms with E-state index in [2.05, 4.69) is 50.4 Å². The van der Waals surface area contributed by atoms with Crippen molar-refractivity contribution in [2.45, 2.75) is 45.6 Å². The second kappa shape index (κ2) is 5.45. The van der Waals surface area contributed by atoms with Gasteiger partial charge in [-0.15, -0.1) is 0 Å². The summed E-state index contributed by atoms with van der Waals surface area (Å²) in [5.41, 5.74) is 2.74. The first-order valence-electron chi connectivity index (χ1n) is 8.10. The van der Waals surface area contributed by atoms with Gasteiger partial charge in [0.2, 0.25) is 0 Å². The fourth-order valence-electron chi connectivity index (χ4n) is 3.30. The average molecular weight is 285 g/mol. The molecule has 0 amide bonds. The van der Waals surface area contributed by atoms with Gasteiger partial charge < -0.3 is 5.32 Å². The number of fused-ring (bicyclic) bond motifs is 1. The summed E-state index contributed by atoms with van der Waals surface area (Å²) >= 11 is 0. The Hall–Kier alpha value is -1.35. The Balaban J connectivity index is 1.68. The monoisotopic (exact) mass is 285 g/mol. The van der Waals surface area contributed by atoms with Crippen LogP contribution in [0, 0.1) is 11.8 Å². The van der Waals surface area contributed by atoms with E-state index >= 15 is 0 Å². The average Bonchev–Trinajstić information content (AvgIpc) is 2.71. The van der Waals surface area contributed by atoms with Crippen LogP contribution in [0.1, 0.15) is 39.3 Å². The SMILES string of the molecule is Cn1nc(CC2CCC2CNC(C)(C)C)c2ccccc21. The molecule has 1 aromatic carbocycles. The van der Waals surface area contributed by atoms with Gasteiger partial charge in [-0.25, -0.2) is 0 Å². The number of benzene rings is 1. The van der Waals surface area contributed by atoms with E-state index in [0.717, 1.165) is 24.8 Å². The molecule has 1 N–H and O–H groups in total. The molecular formula is C18H27N3. The molecule has 1 heterocycles. The van der Waals surface area contributed by atoms with Gasteiger partial charge in [0.05, 0.1) is 11.2 Å². The number of aromatic nitrogens is 2. The molecule has 21 heavy (non-hydrogen) atoms. The highest BCUT2D eigenvalue weighted by atomic mass is 15.3. The Bertz CT molecular complexity index is 621. The van der Waals surface area contributed by atoms with Gasteiger partial charge in [-0.3, -0.25) is 4.68 Å². The van der Waals surface area contributed by atoms with Crippen molar-refractivity contribution in [2.75, 3.05) is 6.54 Å². The van der Waals surface area contributed by atoms with Crippen molar-refractivity contribution in [3.63, 3.8) is 0 Å². The maximum atomic E-state index is 4.75. The Morgan fingerprint density at radius 3 is 2.57 bits per heavy atom. The summed E-state index contributed by atoms with van der Waals surface area (Å²) in [5, 5.41) is 9.74. The predicted octanol–water partition coefficient (Wildman–Crippen LogP) is 3.53. The molecule has 1 aliphatic carbocycles. The smallest absolute Gasteiger partial charge is 0.0706 e. The highest BCUT2D eigenvalue weighted by molar-refractivity contribution is 5.81. The third-order valence-corrected chi connectivity index (χ3v) is 4.76. The standard InChI is InChI=1S/C18H27N3/c1-18(2,3)19-12-14-10-9-13(14)11-16-15-7-5-6-8-17(15)21(4)20-16/h5-8,13-14,19H,9-12H2,1-4H3. The maximum absolute atomic E-state index is 4.75. The molecule has 3 nitrogen and oxygen atoms in total. The van der Waals surface area contributed by atoms with E-state index in [1.165, 1.54) is 29.4 Å². The van der Waals surface area contributed by atoms with Crippen LogP contribution in [0.2, 0.25) is 0 Å². The molecule has 0 aliphatic heterocycles. The lowest BCUT2D eigenvalue weighted by Crippen LogP contribution is -2.44. The Morgan fingerprint density at radius 1 is 1.19 bits per heavy atom. The van der Waals surface area contributed by atoms with Gasteiger partial charge in [-0.1, -0.05) is 18.2 Å².